The van der Waals surface area contributed by atoms with Crippen LogP contribution in [-0.4, -0.2) is 35.2 Å². The van der Waals surface area contributed by atoms with E-state index in [1.807, 2.05) is 6.20 Å². The molecule has 5 rings (SSSR count). The summed E-state index contributed by atoms with van der Waals surface area (Å²) in [5, 5.41) is 1.46. The van der Waals surface area contributed by atoms with Gasteiger partial charge in [0.2, 0.25) is 5.88 Å². The molecule has 4 heterocycles. The molecule has 0 amide bonds. The number of benzene rings is 1. The summed E-state index contributed by atoms with van der Waals surface area (Å²) in [5.41, 5.74) is 8.64. The van der Waals surface area contributed by atoms with Gasteiger partial charge in [-0.2, -0.15) is 0 Å². The molecule has 1 aromatic carbocycles. The molecule has 3 aromatic rings. The van der Waals surface area contributed by atoms with Crippen LogP contribution in [0.25, 0.3) is 10.9 Å². The van der Waals surface area contributed by atoms with E-state index in [9.17, 15) is 0 Å². The summed E-state index contributed by atoms with van der Waals surface area (Å²) in [5.74, 6) is 1.08. The molecule has 0 fully saturated rings. The number of fused-ring (bicyclic) bond motifs is 3. The van der Waals surface area contributed by atoms with Gasteiger partial charge >= 0.3 is 0 Å². The highest BCUT2D eigenvalue weighted by Crippen LogP contribution is 2.44. The molecule has 0 N–H and O–H groups in total. The number of ether oxygens (including phenoxy) is 1. The molecule has 0 bridgehead atoms. The van der Waals surface area contributed by atoms with Gasteiger partial charge in [-0.25, -0.2) is 4.98 Å². The third-order valence-corrected chi connectivity index (χ3v) is 5.82. The van der Waals surface area contributed by atoms with Gasteiger partial charge in [0, 0.05) is 55.3 Å². The van der Waals surface area contributed by atoms with E-state index in [4.69, 9.17) is 4.74 Å². The highest BCUT2D eigenvalue weighted by molar-refractivity contribution is 5.91. The lowest BCUT2D eigenvalue weighted by Gasteiger charge is -2.25. The summed E-state index contributed by atoms with van der Waals surface area (Å²) in [4.78, 5) is 6.71. The first kappa shape index (κ1) is 15.0. The van der Waals surface area contributed by atoms with Crippen molar-refractivity contribution in [2.75, 3.05) is 20.7 Å². The molecule has 1 atom stereocenters. The van der Waals surface area contributed by atoms with Gasteiger partial charge in [-0.1, -0.05) is 11.6 Å². The van der Waals surface area contributed by atoms with Gasteiger partial charge in [-0.3, -0.25) is 0 Å². The maximum atomic E-state index is 5.35. The van der Waals surface area contributed by atoms with Crippen LogP contribution in [0.5, 0.6) is 5.88 Å². The lowest BCUT2D eigenvalue weighted by atomic mass is 9.90. The maximum absolute atomic E-state index is 5.35. The fourth-order valence-corrected chi connectivity index (χ4v) is 4.69. The molecule has 0 radical (unpaired) electrons. The predicted octanol–water partition coefficient (Wildman–Crippen LogP) is 3.49. The van der Waals surface area contributed by atoms with Gasteiger partial charge in [0.25, 0.3) is 0 Å². The first-order valence-corrected chi connectivity index (χ1v) is 8.98. The summed E-state index contributed by atoms with van der Waals surface area (Å²) < 4.78 is 7.94. The van der Waals surface area contributed by atoms with Crippen LogP contribution in [0.4, 0.5) is 0 Å². The van der Waals surface area contributed by atoms with Crippen LogP contribution < -0.4 is 4.74 Å². The van der Waals surface area contributed by atoms with Gasteiger partial charge in [0.1, 0.15) is 0 Å². The Morgan fingerprint density at radius 3 is 2.96 bits per heavy atom. The van der Waals surface area contributed by atoms with E-state index in [-0.39, 0.29) is 0 Å². The minimum absolute atomic E-state index is 0.388. The highest BCUT2D eigenvalue weighted by Gasteiger charge is 2.32. The monoisotopic (exact) mass is 333 g/mol. The Labute approximate surface area is 148 Å². The van der Waals surface area contributed by atoms with Crippen molar-refractivity contribution in [3.8, 4) is 5.88 Å². The third-order valence-electron chi connectivity index (χ3n) is 5.82. The van der Waals surface area contributed by atoms with Crippen molar-refractivity contribution < 1.29 is 4.74 Å². The van der Waals surface area contributed by atoms with Gasteiger partial charge in [-0.05, 0) is 42.8 Å². The molecule has 0 saturated carbocycles. The van der Waals surface area contributed by atoms with Crippen LogP contribution >= 0.6 is 0 Å². The quantitative estimate of drug-likeness (QED) is 0.719. The molecule has 25 heavy (non-hydrogen) atoms. The van der Waals surface area contributed by atoms with Crippen molar-refractivity contribution in [3.63, 3.8) is 0 Å². The Morgan fingerprint density at radius 2 is 2.12 bits per heavy atom. The van der Waals surface area contributed by atoms with E-state index in [0.717, 1.165) is 26.1 Å². The predicted molar refractivity (Wildman–Crippen MR) is 99.3 cm³/mol. The molecule has 4 nitrogen and oxygen atoms in total. The molecule has 2 aliphatic heterocycles. The molecular formula is C21H23N3O. The van der Waals surface area contributed by atoms with Gasteiger partial charge in [0.05, 0.1) is 12.6 Å². The van der Waals surface area contributed by atoms with Crippen molar-refractivity contribution in [1.29, 1.82) is 0 Å². The Balaban J connectivity index is 1.72. The smallest absolute Gasteiger partial charge is 0.213 e. The zero-order valence-corrected chi connectivity index (χ0v) is 15.0. The average molecular weight is 333 g/mol. The fourth-order valence-electron chi connectivity index (χ4n) is 4.69. The second-order valence-electron chi connectivity index (χ2n) is 7.46. The van der Waals surface area contributed by atoms with Crippen LogP contribution in [0.1, 0.15) is 33.9 Å². The number of aromatic nitrogens is 2. The lowest BCUT2D eigenvalue weighted by Crippen LogP contribution is -2.27. The number of likely N-dealkylation sites (N-methyl/N-ethyl adjacent to an activating group) is 1. The normalized spacial score (nSPS) is 19.4. The van der Waals surface area contributed by atoms with Gasteiger partial charge in [-0.15, -0.1) is 0 Å². The van der Waals surface area contributed by atoms with Crippen LogP contribution in [0.2, 0.25) is 0 Å². The van der Waals surface area contributed by atoms with E-state index in [0.29, 0.717) is 11.8 Å². The number of pyridine rings is 1. The van der Waals surface area contributed by atoms with Crippen LogP contribution in [0.3, 0.4) is 0 Å². The zero-order valence-electron chi connectivity index (χ0n) is 15.0. The lowest BCUT2D eigenvalue weighted by molar-refractivity contribution is 0.309. The van der Waals surface area contributed by atoms with E-state index >= 15 is 0 Å². The first-order chi connectivity index (χ1) is 12.2. The van der Waals surface area contributed by atoms with Crippen LogP contribution in [-0.2, 0) is 19.5 Å². The third kappa shape index (κ3) is 2.13. The fraction of sp³-hybridized carbons (Fsp3) is 0.381. The number of rotatable bonds is 2. The molecule has 1 unspecified atom stereocenters. The van der Waals surface area contributed by atoms with Crippen molar-refractivity contribution in [3.05, 3.63) is 58.4 Å². The largest absolute Gasteiger partial charge is 0.481 e. The summed E-state index contributed by atoms with van der Waals surface area (Å²) in [6.07, 6.45) is 3.00. The van der Waals surface area contributed by atoms with Crippen LogP contribution in [0.15, 0.2) is 30.5 Å². The van der Waals surface area contributed by atoms with Crippen molar-refractivity contribution in [2.24, 2.45) is 0 Å². The van der Waals surface area contributed by atoms with Gasteiger partial charge < -0.3 is 14.2 Å². The molecule has 0 saturated heterocycles. The number of aryl methyl sites for hydroxylation is 1. The van der Waals surface area contributed by atoms with E-state index in [2.05, 4.69) is 52.7 Å². The minimum Gasteiger partial charge on any atom is -0.481 e. The van der Waals surface area contributed by atoms with E-state index < -0.39 is 0 Å². The summed E-state index contributed by atoms with van der Waals surface area (Å²) in [6.45, 7) is 5.46. The summed E-state index contributed by atoms with van der Waals surface area (Å²) in [7, 11) is 3.91. The van der Waals surface area contributed by atoms with Crippen molar-refractivity contribution in [2.45, 2.75) is 32.4 Å². The molecular weight excluding hydrogens is 310 g/mol. The average Bonchev–Trinajstić information content (AvgIpc) is 3.13. The van der Waals surface area contributed by atoms with E-state index in [1.54, 1.807) is 18.4 Å². The Kier molecular flexibility index (Phi) is 3.19. The highest BCUT2D eigenvalue weighted by atomic mass is 16.5. The van der Waals surface area contributed by atoms with Crippen LogP contribution in [0, 0.1) is 6.92 Å². The minimum atomic E-state index is 0.388. The first-order valence-electron chi connectivity index (χ1n) is 8.98. The second-order valence-corrected chi connectivity index (χ2v) is 7.46. The Morgan fingerprint density at radius 1 is 1.24 bits per heavy atom. The molecule has 2 aliphatic rings. The molecule has 4 heteroatoms. The SMILES string of the molecule is COc1cc(C2Cn3c4c(c5cc(C)cc2c53)CN(C)CC4)ccn1. The number of hydrogen-bond donors (Lipinski definition) is 0. The Hall–Kier alpha value is -2.33. The second kappa shape index (κ2) is 5.33. The molecule has 0 spiro atoms. The van der Waals surface area contributed by atoms with E-state index in [1.165, 1.54) is 27.6 Å². The topological polar surface area (TPSA) is 30.3 Å². The van der Waals surface area contributed by atoms with Crippen molar-refractivity contribution in [1.82, 2.24) is 14.5 Å². The zero-order chi connectivity index (χ0) is 17.1. The maximum Gasteiger partial charge on any atom is 0.213 e. The molecule has 0 aliphatic carbocycles. The number of nitrogens with zero attached hydrogens (tertiary/aromatic N) is 3. The number of hydrogen-bond acceptors (Lipinski definition) is 3. The van der Waals surface area contributed by atoms with Crippen molar-refractivity contribution >= 4 is 10.9 Å². The summed E-state index contributed by atoms with van der Waals surface area (Å²) >= 11 is 0. The number of methoxy groups -OCH3 is 1. The Bertz CT molecular complexity index is 988. The standard InChI is InChI=1S/C21H23N3O/c1-13-8-15-17(14-4-6-22-20(10-14)25-3)12-24-19-5-7-23(2)11-18(19)16(9-13)21(15)24/h4,6,8-10,17H,5,7,11-12H2,1-3H3. The molecule has 128 valence electrons. The van der Waals surface area contributed by atoms with Gasteiger partial charge in [0.15, 0.2) is 0 Å². The summed E-state index contributed by atoms with van der Waals surface area (Å²) in [6, 6.07) is 8.97. The molecule has 2 aromatic heterocycles.